The van der Waals surface area contributed by atoms with Gasteiger partial charge < -0.3 is 14.6 Å². The average Bonchev–Trinajstić information content (AvgIpc) is 2.53. The van der Waals surface area contributed by atoms with Gasteiger partial charge in [-0.25, -0.2) is 0 Å². The van der Waals surface area contributed by atoms with Crippen LogP contribution < -0.4 is 0 Å². The number of hydrogen-bond donors (Lipinski definition) is 1. The SMILES string of the molecule is OCC1=CCCC2(C1)OCCO2. The molecular weight excluding hydrogens is 156 g/mol. The summed E-state index contributed by atoms with van der Waals surface area (Å²) >= 11 is 0. The molecule has 0 amide bonds. The van der Waals surface area contributed by atoms with Crippen molar-refractivity contribution >= 4 is 0 Å². The zero-order valence-corrected chi connectivity index (χ0v) is 7.08. The third-order valence-corrected chi connectivity index (χ3v) is 2.47. The maximum Gasteiger partial charge on any atom is 0.172 e. The van der Waals surface area contributed by atoms with Gasteiger partial charge in [0.2, 0.25) is 0 Å². The molecule has 0 aromatic heterocycles. The van der Waals surface area contributed by atoms with E-state index < -0.39 is 0 Å². The van der Waals surface area contributed by atoms with Crippen LogP contribution in [0.4, 0.5) is 0 Å². The van der Waals surface area contributed by atoms with Crippen molar-refractivity contribution in [2.75, 3.05) is 19.8 Å². The molecule has 68 valence electrons. The summed E-state index contributed by atoms with van der Waals surface area (Å²) < 4.78 is 11.1. The summed E-state index contributed by atoms with van der Waals surface area (Å²) in [7, 11) is 0. The van der Waals surface area contributed by atoms with E-state index in [9.17, 15) is 0 Å². The van der Waals surface area contributed by atoms with E-state index in [0.29, 0.717) is 13.2 Å². The van der Waals surface area contributed by atoms with Gasteiger partial charge >= 0.3 is 0 Å². The van der Waals surface area contributed by atoms with Crippen LogP contribution in [0.25, 0.3) is 0 Å². The number of aliphatic hydroxyl groups is 1. The van der Waals surface area contributed by atoms with Crippen molar-refractivity contribution in [1.82, 2.24) is 0 Å². The van der Waals surface area contributed by atoms with Crippen LogP contribution in [0.15, 0.2) is 11.6 Å². The van der Waals surface area contributed by atoms with E-state index in [-0.39, 0.29) is 12.4 Å². The first-order valence-corrected chi connectivity index (χ1v) is 4.41. The minimum Gasteiger partial charge on any atom is -0.392 e. The van der Waals surface area contributed by atoms with Gasteiger partial charge in [-0.15, -0.1) is 0 Å². The molecule has 0 radical (unpaired) electrons. The van der Waals surface area contributed by atoms with Crippen molar-refractivity contribution in [2.24, 2.45) is 0 Å². The molecule has 1 saturated heterocycles. The van der Waals surface area contributed by atoms with Crippen molar-refractivity contribution in [1.29, 1.82) is 0 Å². The molecule has 0 unspecified atom stereocenters. The summed E-state index contributed by atoms with van der Waals surface area (Å²) in [6.45, 7) is 1.52. The van der Waals surface area contributed by atoms with Crippen molar-refractivity contribution in [3.05, 3.63) is 11.6 Å². The Morgan fingerprint density at radius 1 is 1.42 bits per heavy atom. The van der Waals surface area contributed by atoms with Gasteiger partial charge in [0, 0.05) is 12.8 Å². The van der Waals surface area contributed by atoms with Gasteiger partial charge in [-0.3, -0.25) is 0 Å². The van der Waals surface area contributed by atoms with Crippen LogP contribution in [-0.4, -0.2) is 30.7 Å². The zero-order valence-electron chi connectivity index (χ0n) is 7.08. The third kappa shape index (κ3) is 1.40. The smallest absolute Gasteiger partial charge is 0.172 e. The monoisotopic (exact) mass is 170 g/mol. The molecule has 2 rings (SSSR count). The van der Waals surface area contributed by atoms with Crippen LogP contribution in [0.5, 0.6) is 0 Å². The Kier molecular flexibility index (Phi) is 2.17. The molecule has 0 aromatic rings. The molecule has 1 heterocycles. The minimum absolute atomic E-state index is 0.133. The standard InChI is InChI=1S/C9H14O3/c10-7-8-2-1-3-9(6-8)11-4-5-12-9/h2,10H,1,3-7H2. The predicted molar refractivity (Wildman–Crippen MR) is 43.7 cm³/mol. The van der Waals surface area contributed by atoms with Crippen LogP contribution in [0.3, 0.4) is 0 Å². The quantitative estimate of drug-likeness (QED) is 0.592. The second kappa shape index (κ2) is 3.17. The van der Waals surface area contributed by atoms with Crippen molar-refractivity contribution < 1.29 is 14.6 Å². The van der Waals surface area contributed by atoms with E-state index in [4.69, 9.17) is 14.6 Å². The highest BCUT2D eigenvalue weighted by atomic mass is 16.7. The second-order valence-corrected chi connectivity index (χ2v) is 3.34. The molecule has 1 aliphatic heterocycles. The summed E-state index contributed by atoms with van der Waals surface area (Å²) in [6.07, 6.45) is 4.70. The molecule has 3 nitrogen and oxygen atoms in total. The van der Waals surface area contributed by atoms with E-state index in [1.807, 2.05) is 0 Å². The maximum atomic E-state index is 8.96. The Morgan fingerprint density at radius 3 is 2.83 bits per heavy atom. The van der Waals surface area contributed by atoms with Gasteiger partial charge in [0.25, 0.3) is 0 Å². The fraction of sp³-hybridized carbons (Fsp3) is 0.778. The van der Waals surface area contributed by atoms with Gasteiger partial charge in [-0.2, -0.15) is 0 Å². The summed E-state index contributed by atoms with van der Waals surface area (Å²) in [5.74, 6) is -0.382. The van der Waals surface area contributed by atoms with Crippen molar-refractivity contribution in [3.8, 4) is 0 Å². The lowest BCUT2D eigenvalue weighted by Gasteiger charge is -2.30. The van der Waals surface area contributed by atoms with Gasteiger partial charge in [-0.05, 0) is 12.0 Å². The summed E-state index contributed by atoms with van der Waals surface area (Å²) in [5, 5.41) is 8.96. The molecule has 0 bridgehead atoms. The minimum atomic E-state index is -0.382. The van der Waals surface area contributed by atoms with Gasteiger partial charge in [0.1, 0.15) is 0 Å². The molecule has 3 heteroatoms. The molecule has 1 aliphatic carbocycles. The molecule has 1 spiro atoms. The molecule has 0 saturated carbocycles. The lowest BCUT2D eigenvalue weighted by atomic mass is 9.94. The predicted octanol–water partition coefficient (Wildman–Crippen LogP) is 0.832. The van der Waals surface area contributed by atoms with Gasteiger partial charge in [0.15, 0.2) is 5.79 Å². The maximum absolute atomic E-state index is 8.96. The van der Waals surface area contributed by atoms with Crippen molar-refractivity contribution in [2.45, 2.75) is 25.0 Å². The first kappa shape index (κ1) is 8.23. The molecular formula is C9H14O3. The summed E-state index contributed by atoms with van der Waals surface area (Å²) in [6, 6.07) is 0. The number of aliphatic hydroxyl groups excluding tert-OH is 1. The molecule has 2 aliphatic rings. The molecule has 0 aromatic carbocycles. The number of hydrogen-bond acceptors (Lipinski definition) is 3. The first-order valence-electron chi connectivity index (χ1n) is 4.41. The lowest BCUT2D eigenvalue weighted by molar-refractivity contribution is -0.163. The molecule has 0 atom stereocenters. The Balaban J connectivity index is 2.06. The van der Waals surface area contributed by atoms with Crippen LogP contribution in [0, 0.1) is 0 Å². The van der Waals surface area contributed by atoms with Crippen molar-refractivity contribution in [3.63, 3.8) is 0 Å². The highest BCUT2D eigenvalue weighted by molar-refractivity contribution is 5.10. The zero-order chi connectivity index (χ0) is 8.44. The van der Waals surface area contributed by atoms with Crippen LogP contribution >= 0.6 is 0 Å². The average molecular weight is 170 g/mol. The number of rotatable bonds is 1. The largest absolute Gasteiger partial charge is 0.392 e. The van der Waals surface area contributed by atoms with E-state index >= 15 is 0 Å². The van der Waals surface area contributed by atoms with E-state index in [2.05, 4.69) is 6.08 Å². The van der Waals surface area contributed by atoms with E-state index in [0.717, 1.165) is 24.8 Å². The second-order valence-electron chi connectivity index (χ2n) is 3.34. The Hall–Kier alpha value is -0.380. The Labute approximate surface area is 72.0 Å². The molecule has 1 N–H and O–H groups in total. The molecule has 1 fully saturated rings. The van der Waals surface area contributed by atoms with Gasteiger partial charge in [-0.1, -0.05) is 6.08 Å². The lowest BCUT2D eigenvalue weighted by Crippen LogP contribution is -2.33. The summed E-state index contributed by atoms with van der Waals surface area (Å²) in [4.78, 5) is 0. The number of allylic oxidation sites excluding steroid dienone is 1. The third-order valence-electron chi connectivity index (χ3n) is 2.47. The Bertz CT molecular complexity index is 192. The Morgan fingerprint density at radius 2 is 2.17 bits per heavy atom. The number of ether oxygens (including phenoxy) is 2. The van der Waals surface area contributed by atoms with Crippen LogP contribution in [0.2, 0.25) is 0 Å². The van der Waals surface area contributed by atoms with E-state index in [1.54, 1.807) is 0 Å². The normalized spacial score (nSPS) is 27.6. The van der Waals surface area contributed by atoms with E-state index in [1.165, 1.54) is 0 Å². The topological polar surface area (TPSA) is 38.7 Å². The molecule has 12 heavy (non-hydrogen) atoms. The summed E-state index contributed by atoms with van der Waals surface area (Å²) in [5.41, 5.74) is 1.04. The van der Waals surface area contributed by atoms with Crippen LogP contribution in [-0.2, 0) is 9.47 Å². The van der Waals surface area contributed by atoms with Gasteiger partial charge in [0.05, 0.1) is 19.8 Å². The highest BCUT2D eigenvalue weighted by Crippen LogP contribution is 2.35. The fourth-order valence-electron chi connectivity index (χ4n) is 1.87. The van der Waals surface area contributed by atoms with Crippen LogP contribution in [0.1, 0.15) is 19.3 Å². The highest BCUT2D eigenvalue weighted by Gasteiger charge is 2.38. The fourth-order valence-corrected chi connectivity index (χ4v) is 1.87. The first-order chi connectivity index (χ1) is 5.85.